The van der Waals surface area contributed by atoms with Gasteiger partial charge in [-0.05, 0) is 50.9 Å². The Morgan fingerprint density at radius 3 is 2.90 bits per heavy atom. The molecule has 1 aromatic carbocycles. The molecular formula is C15H23N3O3. The fourth-order valence-corrected chi connectivity index (χ4v) is 2.45. The van der Waals surface area contributed by atoms with E-state index in [9.17, 15) is 10.1 Å². The third-order valence-corrected chi connectivity index (χ3v) is 3.63. The summed E-state index contributed by atoms with van der Waals surface area (Å²) in [5, 5.41) is 17.4. The zero-order valence-corrected chi connectivity index (χ0v) is 12.4. The smallest absolute Gasteiger partial charge is 0.292 e. The Morgan fingerprint density at radius 1 is 1.43 bits per heavy atom. The summed E-state index contributed by atoms with van der Waals surface area (Å²) in [6, 6.07) is 5.23. The van der Waals surface area contributed by atoms with E-state index in [0.29, 0.717) is 24.9 Å². The normalized spacial score (nSPS) is 15.9. The summed E-state index contributed by atoms with van der Waals surface area (Å²) in [7, 11) is 0. The van der Waals surface area contributed by atoms with Crippen molar-refractivity contribution >= 4 is 11.4 Å². The van der Waals surface area contributed by atoms with Crippen molar-refractivity contribution in [2.75, 3.05) is 31.6 Å². The summed E-state index contributed by atoms with van der Waals surface area (Å²) in [4.78, 5) is 10.7. The van der Waals surface area contributed by atoms with E-state index in [1.54, 1.807) is 12.1 Å². The van der Waals surface area contributed by atoms with Gasteiger partial charge in [-0.15, -0.1) is 0 Å². The molecule has 0 atom stereocenters. The lowest BCUT2D eigenvalue weighted by molar-refractivity contribution is -0.384. The molecule has 1 heterocycles. The maximum absolute atomic E-state index is 11.0. The quantitative estimate of drug-likeness (QED) is 0.459. The number of nitro groups is 1. The summed E-state index contributed by atoms with van der Waals surface area (Å²) in [6.45, 7) is 5.27. The molecular weight excluding hydrogens is 270 g/mol. The first-order valence-electron chi connectivity index (χ1n) is 7.48. The number of nitrogens with one attached hydrogen (secondary N) is 2. The summed E-state index contributed by atoms with van der Waals surface area (Å²) in [6.07, 6.45) is 3.34. The Balaban J connectivity index is 1.72. The molecule has 0 aromatic heterocycles. The van der Waals surface area contributed by atoms with Crippen LogP contribution in [-0.2, 0) is 4.74 Å². The van der Waals surface area contributed by atoms with Crippen LogP contribution in [0.1, 0.15) is 24.8 Å². The monoisotopic (exact) mass is 293 g/mol. The van der Waals surface area contributed by atoms with Crippen LogP contribution in [0, 0.1) is 17.0 Å². The van der Waals surface area contributed by atoms with Crippen molar-refractivity contribution in [1.29, 1.82) is 0 Å². The Hall–Kier alpha value is -1.66. The largest absolute Gasteiger partial charge is 0.379 e. The van der Waals surface area contributed by atoms with Crippen LogP contribution in [0.2, 0.25) is 0 Å². The van der Waals surface area contributed by atoms with E-state index in [2.05, 4.69) is 10.6 Å². The van der Waals surface area contributed by atoms with Gasteiger partial charge in [0, 0.05) is 19.2 Å². The second kappa shape index (κ2) is 7.95. The molecule has 0 spiro atoms. The fraction of sp³-hybridized carbons (Fsp3) is 0.600. The van der Waals surface area contributed by atoms with Crippen molar-refractivity contribution in [2.45, 2.75) is 32.3 Å². The molecule has 0 amide bonds. The summed E-state index contributed by atoms with van der Waals surface area (Å²) in [5.74, 6) is 0. The highest BCUT2D eigenvalue weighted by Crippen LogP contribution is 2.25. The molecule has 1 fully saturated rings. The van der Waals surface area contributed by atoms with Gasteiger partial charge in [-0.25, -0.2) is 0 Å². The molecule has 0 bridgehead atoms. The molecule has 21 heavy (non-hydrogen) atoms. The van der Waals surface area contributed by atoms with Gasteiger partial charge in [-0.3, -0.25) is 10.1 Å². The summed E-state index contributed by atoms with van der Waals surface area (Å²) in [5.41, 5.74) is 1.60. The van der Waals surface area contributed by atoms with Gasteiger partial charge in [0.1, 0.15) is 5.69 Å². The number of piperidine rings is 1. The van der Waals surface area contributed by atoms with Crippen molar-refractivity contribution in [3.63, 3.8) is 0 Å². The van der Waals surface area contributed by atoms with Gasteiger partial charge >= 0.3 is 0 Å². The molecule has 0 radical (unpaired) electrons. The van der Waals surface area contributed by atoms with Gasteiger partial charge < -0.3 is 15.4 Å². The third-order valence-electron chi connectivity index (χ3n) is 3.63. The first-order chi connectivity index (χ1) is 10.2. The van der Waals surface area contributed by atoms with E-state index in [-0.39, 0.29) is 10.6 Å². The predicted octanol–water partition coefficient (Wildman–Crippen LogP) is 2.47. The van der Waals surface area contributed by atoms with Gasteiger partial charge in [0.25, 0.3) is 5.69 Å². The molecule has 0 saturated carbocycles. The number of benzene rings is 1. The first kappa shape index (κ1) is 15.7. The van der Waals surface area contributed by atoms with Gasteiger partial charge in [-0.2, -0.15) is 0 Å². The molecule has 1 aromatic rings. The number of ether oxygens (including phenoxy) is 1. The Bertz CT molecular complexity index is 473. The predicted molar refractivity (Wildman–Crippen MR) is 82.8 cm³/mol. The lowest BCUT2D eigenvalue weighted by Gasteiger charge is -2.22. The molecule has 0 aliphatic carbocycles. The van der Waals surface area contributed by atoms with E-state index in [1.807, 2.05) is 13.0 Å². The number of aryl methyl sites for hydroxylation is 1. The number of anilines is 1. The van der Waals surface area contributed by atoms with Crippen LogP contribution in [0.5, 0.6) is 0 Å². The van der Waals surface area contributed by atoms with E-state index in [0.717, 1.165) is 37.9 Å². The lowest BCUT2D eigenvalue weighted by Crippen LogP contribution is -2.32. The maximum Gasteiger partial charge on any atom is 0.292 e. The van der Waals surface area contributed by atoms with Crippen LogP contribution in [-0.4, -0.2) is 37.3 Å². The van der Waals surface area contributed by atoms with Crippen LogP contribution in [0.3, 0.4) is 0 Å². The molecule has 116 valence electrons. The van der Waals surface area contributed by atoms with Gasteiger partial charge in [-0.1, -0.05) is 6.07 Å². The van der Waals surface area contributed by atoms with Crippen molar-refractivity contribution < 1.29 is 9.66 Å². The minimum atomic E-state index is -0.346. The molecule has 0 unspecified atom stereocenters. The van der Waals surface area contributed by atoms with E-state index < -0.39 is 0 Å². The minimum absolute atomic E-state index is 0.134. The molecule has 2 N–H and O–H groups in total. The number of nitro benzene ring substituents is 1. The lowest BCUT2D eigenvalue weighted by atomic mass is 10.1. The third kappa shape index (κ3) is 4.99. The van der Waals surface area contributed by atoms with Crippen molar-refractivity contribution in [3.05, 3.63) is 33.9 Å². The molecule has 1 aliphatic rings. The van der Waals surface area contributed by atoms with E-state index in [4.69, 9.17) is 4.74 Å². The van der Waals surface area contributed by atoms with Crippen molar-refractivity contribution in [2.24, 2.45) is 0 Å². The zero-order valence-electron chi connectivity index (χ0n) is 12.4. The Kier molecular flexibility index (Phi) is 5.95. The molecule has 6 heteroatoms. The second-order valence-electron chi connectivity index (χ2n) is 5.38. The highest BCUT2D eigenvalue weighted by molar-refractivity contribution is 5.62. The molecule has 2 rings (SSSR count). The van der Waals surface area contributed by atoms with Gasteiger partial charge in [0.05, 0.1) is 11.0 Å². The van der Waals surface area contributed by atoms with Crippen LogP contribution < -0.4 is 10.6 Å². The average Bonchev–Trinajstić information content (AvgIpc) is 2.49. The standard InChI is InChI=1S/C15H23N3O3/c1-12-3-4-14(15(11-12)18(19)20)17-7-2-10-21-13-5-8-16-9-6-13/h3-4,11,13,16-17H,2,5-10H2,1H3. The Morgan fingerprint density at radius 2 is 2.19 bits per heavy atom. The first-order valence-corrected chi connectivity index (χ1v) is 7.48. The molecule has 1 aliphatic heterocycles. The van der Waals surface area contributed by atoms with E-state index in [1.165, 1.54) is 0 Å². The van der Waals surface area contributed by atoms with Crippen LogP contribution in [0.15, 0.2) is 18.2 Å². The topological polar surface area (TPSA) is 76.4 Å². The van der Waals surface area contributed by atoms with Crippen LogP contribution >= 0.6 is 0 Å². The summed E-state index contributed by atoms with van der Waals surface area (Å²) >= 11 is 0. The SMILES string of the molecule is Cc1ccc(NCCCOC2CCNCC2)c([N+](=O)[O-])c1. The maximum atomic E-state index is 11.0. The molecule has 1 saturated heterocycles. The number of hydrogen-bond donors (Lipinski definition) is 2. The van der Waals surface area contributed by atoms with Crippen molar-refractivity contribution in [3.8, 4) is 0 Å². The average molecular weight is 293 g/mol. The number of hydrogen-bond acceptors (Lipinski definition) is 5. The molecule has 6 nitrogen and oxygen atoms in total. The Labute approximate surface area is 125 Å². The van der Waals surface area contributed by atoms with E-state index >= 15 is 0 Å². The van der Waals surface area contributed by atoms with Gasteiger partial charge in [0.2, 0.25) is 0 Å². The van der Waals surface area contributed by atoms with Crippen LogP contribution in [0.25, 0.3) is 0 Å². The number of nitrogens with zero attached hydrogens (tertiary/aromatic N) is 1. The zero-order chi connectivity index (χ0) is 15.1. The number of rotatable bonds is 7. The highest BCUT2D eigenvalue weighted by atomic mass is 16.6. The summed E-state index contributed by atoms with van der Waals surface area (Å²) < 4.78 is 5.80. The van der Waals surface area contributed by atoms with Crippen molar-refractivity contribution in [1.82, 2.24) is 5.32 Å². The van der Waals surface area contributed by atoms with Crippen LogP contribution in [0.4, 0.5) is 11.4 Å². The second-order valence-corrected chi connectivity index (χ2v) is 5.38. The highest BCUT2D eigenvalue weighted by Gasteiger charge is 2.14. The fourth-order valence-electron chi connectivity index (χ4n) is 2.45. The van der Waals surface area contributed by atoms with Gasteiger partial charge in [0.15, 0.2) is 0 Å². The minimum Gasteiger partial charge on any atom is -0.379 e.